The van der Waals surface area contributed by atoms with Gasteiger partial charge in [0.15, 0.2) is 0 Å². The number of piperidine rings is 1. The van der Waals surface area contributed by atoms with E-state index in [9.17, 15) is 8.42 Å². The molecule has 1 aromatic carbocycles. The molecule has 0 radical (unpaired) electrons. The Labute approximate surface area is 121 Å². The van der Waals surface area contributed by atoms with Crippen molar-refractivity contribution in [1.82, 2.24) is 9.62 Å². The summed E-state index contributed by atoms with van der Waals surface area (Å²) in [6.45, 7) is 3.28. The molecule has 1 aliphatic heterocycles. The molecule has 2 atom stereocenters. The van der Waals surface area contributed by atoms with E-state index < -0.39 is 10.0 Å². The van der Waals surface area contributed by atoms with Gasteiger partial charge in [0.1, 0.15) is 0 Å². The molecule has 1 heterocycles. The van der Waals surface area contributed by atoms with E-state index in [2.05, 4.69) is 5.32 Å². The molecular weight excluding hydrogens is 272 g/mol. The molecule has 3 rings (SSSR count). The highest BCUT2D eigenvalue weighted by Crippen LogP contribution is 2.40. The fourth-order valence-corrected chi connectivity index (χ4v) is 5.56. The molecule has 2 unspecified atom stereocenters. The number of nitrogens with one attached hydrogen (secondary N) is 1. The Kier molecular flexibility index (Phi) is 3.60. The van der Waals surface area contributed by atoms with E-state index >= 15 is 0 Å². The Balaban J connectivity index is 1.96. The molecule has 4 nitrogen and oxygen atoms in total. The molecule has 1 saturated heterocycles. The number of sulfonamides is 1. The number of nitrogens with zero attached hydrogens (tertiary/aromatic N) is 1. The van der Waals surface area contributed by atoms with Crippen LogP contribution >= 0.6 is 0 Å². The average Bonchev–Trinajstić information content (AvgIpc) is 3.03. The monoisotopic (exact) mass is 294 g/mol. The van der Waals surface area contributed by atoms with E-state index in [1.54, 1.807) is 4.31 Å². The van der Waals surface area contributed by atoms with E-state index in [0.29, 0.717) is 23.9 Å². The van der Waals surface area contributed by atoms with Crippen molar-refractivity contribution < 1.29 is 8.42 Å². The first-order valence-electron chi connectivity index (χ1n) is 7.28. The van der Waals surface area contributed by atoms with Gasteiger partial charge in [-0.2, -0.15) is 4.31 Å². The van der Waals surface area contributed by atoms with Gasteiger partial charge in [-0.25, -0.2) is 8.42 Å². The minimum atomic E-state index is -3.34. The van der Waals surface area contributed by atoms with Crippen molar-refractivity contribution in [2.75, 3.05) is 13.6 Å². The SMILES string of the molecule is CNCc1ccc(C)c(S(=O)(=O)N2CC3CCC2C3)c1. The second-order valence-corrected chi connectivity index (χ2v) is 7.90. The first kappa shape index (κ1) is 14.0. The van der Waals surface area contributed by atoms with Gasteiger partial charge < -0.3 is 5.32 Å². The fraction of sp³-hybridized carbons (Fsp3) is 0.600. The highest BCUT2D eigenvalue weighted by atomic mass is 32.2. The maximum atomic E-state index is 12.9. The predicted molar refractivity (Wildman–Crippen MR) is 79.0 cm³/mol. The Bertz CT molecular complexity index is 612. The van der Waals surface area contributed by atoms with E-state index in [1.165, 1.54) is 6.42 Å². The summed E-state index contributed by atoms with van der Waals surface area (Å²) >= 11 is 0. The summed E-state index contributed by atoms with van der Waals surface area (Å²) in [4.78, 5) is 0.484. The van der Waals surface area contributed by atoms with Crippen LogP contribution in [0.3, 0.4) is 0 Å². The molecule has 2 bridgehead atoms. The number of aryl methyl sites for hydroxylation is 1. The summed E-state index contributed by atoms with van der Waals surface area (Å²) in [6, 6.07) is 5.96. The largest absolute Gasteiger partial charge is 0.316 e. The third-order valence-corrected chi connectivity index (χ3v) is 6.64. The number of hydrogen-bond donors (Lipinski definition) is 1. The molecular formula is C15H22N2O2S. The minimum Gasteiger partial charge on any atom is -0.316 e. The molecule has 20 heavy (non-hydrogen) atoms. The molecule has 0 aromatic heterocycles. The molecule has 1 aliphatic carbocycles. The number of fused-ring (bicyclic) bond motifs is 2. The van der Waals surface area contributed by atoms with Crippen LogP contribution in [-0.2, 0) is 16.6 Å². The van der Waals surface area contributed by atoms with Crippen molar-refractivity contribution in [2.45, 2.75) is 43.7 Å². The fourth-order valence-electron chi connectivity index (χ4n) is 3.54. The lowest BCUT2D eigenvalue weighted by Crippen LogP contribution is -2.38. The second-order valence-electron chi connectivity index (χ2n) is 6.04. The van der Waals surface area contributed by atoms with Crippen LogP contribution < -0.4 is 5.32 Å². The smallest absolute Gasteiger partial charge is 0.243 e. The zero-order chi connectivity index (χ0) is 14.3. The highest BCUT2D eigenvalue weighted by Gasteiger charge is 2.44. The maximum Gasteiger partial charge on any atom is 0.243 e. The number of hydrogen-bond acceptors (Lipinski definition) is 3. The van der Waals surface area contributed by atoms with Crippen LogP contribution in [0, 0.1) is 12.8 Å². The third-order valence-electron chi connectivity index (χ3n) is 4.58. The Morgan fingerprint density at radius 1 is 1.35 bits per heavy atom. The topological polar surface area (TPSA) is 49.4 Å². The Morgan fingerprint density at radius 2 is 2.15 bits per heavy atom. The molecule has 5 heteroatoms. The van der Waals surface area contributed by atoms with Crippen molar-refractivity contribution in [3.05, 3.63) is 29.3 Å². The van der Waals surface area contributed by atoms with Crippen LogP contribution in [0.15, 0.2) is 23.1 Å². The van der Waals surface area contributed by atoms with Gasteiger partial charge in [0.05, 0.1) is 4.90 Å². The van der Waals surface area contributed by atoms with E-state index in [1.807, 2.05) is 32.2 Å². The second kappa shape index (κ2) is 5.13. The molecule has 110 valence electrons. The van der Waals surface area contributed by atoms with Gasteiger partial charge in [-0.3, -0.25) is 0 Å². The van der Waals surface area contributed by atoms with Gasteiger partial charge in [-0.1, -0.05) is 12.1 Å². The molecule has 1 aromatic rings. The normalized spacial score (nSPS) is 26.3. The number of rotatable bonds is 4. The van der Waals surface area contributed by atoms with Crippen molar-refractivity contribution in [1.29, 1.82) is 0 Å². The van der Waals surface area contributed by atoms with Gasteiger partial charge in [-0.15, -0.1) is 0 Å². The van der Waals surface area contributed by atoms with Crippen molar-refractivity contribution in [3.8, 4) is 0 Å². The standard InChI is InChI=1S/C15H22N2O2S/c1-11-3-4-12(9-16-2)8-15(11)20(18,19)17-10-13-5-6-14(17)7-13/h3-4,8,13-14,16H,5-7,9-10H2,1-2H3. The summed E-state index contributed by atoms with van der Waals surface area (Å²) in [6.07, 6.45) is 3.27. The van der Waals surface area contributed by atoms with Crippen LogP contribution in [0.25, 0.3) is 0 Å². The molecule has 2 aliphatic rings. The Hall–Kier alpha value is -0.910. The molecule has 2 fully saturated rings. The zero-order valence-electron chi connectivity index (χ0n) is 12.1. The molecule has 1 N–H and O–H groups in total. The van der Waals surface area contributed by atoms with Crippen molar-refractivity contribution in [2.24, 2.45) is 5.92 Å². The van der Waals surface area contributed by atoms with Gasteiger partial charge in [0.2, 0.25) is 10.0 Å². The Morgan fingerprint density at radius 3 is 2.75 bits per heavy atom. The van der Waals surface area contributed by atoms with Crippen molar-refractivity contribution in [3.63, 3.8) is 0 Å². The van der Waals surface area contributed by atoms with Gasteiger partial charge in [-0.05, 0) is 56.3 Å². The van der Waals surface area contributed by atoms with E-state index in [-0.39, 0.29) is 6.04 Å². The van der Waals surface area contributed by atoms with Crippen LogP contribution in [0.4, 0.5) is 0 Å². The first-order valence-corrected chi connectivity index (χ1v) is 8.72. The van der Waals surface area contributed by atoms with E-state index in [0.717, 1.165) is 24.0 Å². The van der Waals surface area contributed by atoms with Crippen LogP contribution in [0.1, 0.15) is 30.4 Å². The first-order chi connectivity index (χ1) is 9.52. The lowest BCUT2D eigenvalue weighted by Gasteiger charge is -2.27. The van der Waals surface area contributed by atoms with Gasteiger partial charge >= 0.3 is 0 Å². The minimum absolute atomic E-state index is 0.234. The number of benzene rings is 1. The lowest BCUT2D eigenvalue weighted by atomic mass is 10.1. The molecule has 1 saturated carbocycles. The van der Waals surface area contributed by atoms with Crippen LogP contribution in [0.5, 0.6) is 0 Å². The third kappa shape index (κ3) is 2.28. The summed E-state index contributed by atoms with van der Waals surface area (Å²) in [5.41, 5.74) is 1.86. The summed E-state index contributed by atoms with van der Waals surface area (Å²) in [5, 5.41) is 3.07. The van der Waals surface area contributed by atoms with Gasteiger partial charge in [0.25, 0.3) is 0 Å². The van der Waals surface area contributed by atoms with Crippen LogP contribution in [0.2, 0.25) is 0 Å². The molecule has 0 amide bonds. The summed E-state index contributed by atoms with van der Waals surface area (Å²) < 4.78 is 27.6. The zero-order valence-corrected chi connectivity index (χ0v) is 12.9. The van der Waals surface area contributed by atoms with E-state index in [4.69, 9.17) is 0 Å². The lowest BCUT2D eigenvalue weighted by molar-refractivity contribution is 0.333. The highest BCUT2D eigenvalue weighted by molar-refractivity contribution is 7.89. The predicted octanol–water partition coefficient (Wildman–Crippen LogP) is 1.89. The summed E-state index contributed by atoms with van der Waals surface area (Å²) in [5.74, 6) is 0.579. The van der Waals surface area contributed by atoms with Crippen molar-refractivity contribution >= 4 is 10.0 Å². The van der Waals surface area contributed by atoms with Gasteiger partial charge in [0, 0.05) is 19.1 Å². The summed E-state index contributed by atoms with van der Waals surface area (Å²) in [7, 11) is -1.47. The molecule has 0 spiro atoms. The quantitative estimate of drug-likeness (QED) is 0.922. The maximum absolute atomic E-state index is 12.9. The average molecular weight is 294 g/mol. The van der Waals surface area contributed by atoms with Crippen LogP contribution in [-0.4, -0.2) is 32.4 Å².